The van der Waals surface area contributed by atoms with Gasteiger partial charge in [-0.25, -0.2) is 9.86 Å². The van der Waals surface area contributed by atoms with Gasteiger partial charge in [0, 0.05) is 18.4 Å². The Hall–Kier alpha value is -1.44. The van der Waals surface area contributed by atoms with E-state index in [1.54, 1.807) is 7.11 Å². The third-order valence-electron chi connectivity index (χ3n) is 7.83. The summed E-state index contributed by atoms with van der Waals surface area (Å²) in [5.74, 6) is 3.09. The summed E-state index contributed by atoms with van der Waals surface area (Å²) >= 11 is 0. The van der Waals surface area contributed by atoms with E-state index in [-0.39, 0.29) is 5.41 Å². The monoisotopic (exact) mass is 450 g/mol. The van der Waals surface area contributed by atoms with Crippen molar-refractivity contribution in [3.8, 4) is 5.75 Å². The highest BCUT2D eigenvalue weighted by atomic mass is 32.2. The minimum atomic E-state index is -3.65. The summed E-state index contributed by atoms with van der Waals surface area (Å²) < 4.78 is 30.0. The first kappa shape index (κ1) is 24.2. The van der Waals surface area contributed by atoms with E-state index < -0.39 is 10.2 Å². The molecule has 5 atom stereocenters. The number of aryl methyl sites for hydroxylation is 1. The van der Waals surface area contributed by atoms with Crippen molar-refractivity contribution in [1.82, 2.24) is 4.72 Å². The largest absolute Gasteiger partial charge is 0.497 e. The molecule has 2 fully saturated rings. The number of fused-ring (bicyclic) bond motifs is 5. The fourth-order valence-corrected chi connectivity index (χ4v) is 7.02. The molecule has 0 aromatic heterocycles. The molecular weight excluding hydrogens is 412 g/mol. The van der Waals surface area contributed by atoms with Gasteiger partial charge in [-0.1, -0.05) is 26.8 Å². The molecule has 174 valence electrons. The van der Waals surface area contributed by atoms with Crippen LogP contribution in [0.15, 0.2) is 18.2 Å². The average molecular weight is 451 g/mol. The van der Waals surface area contributed by atoms with Crippen LogP contribution in [0.2, 0.25) is 0 Å². The second-order valence-corrected chi connectivity index (χ2v) is 10.7. The van der Waals surface area contributed by atoms with Crippen LogP contribution >= 0.6 is 0 Å². The van der Waals surface area contributed by atoms with E-state index in [1.165, 1.54) is 11.1 Å². The molecule has 4 rings (SSSR count). The molecule has 0 saturated heterocycles. The zero-order valence-electron chi connectivity index (χ0n) is 19.3. The Bertz CT molecular complexity index is 901. The zero-order chi connectivity index (χ0) is 22.8. The van der Waals surface area contributed by atoms with Gasteiger partial charge in [0.15, 0.2) is 0 Å². The van der Waals surface area contributed by atoms with E-state index in [1.807, 2.05) is 13.8 Å². The van der Waals surface area contributed by atoms with Crippen molar-refractivity contribution in [3.63, 3.8) is 0 Å². The molecule has 0 spiro atoms. The Morgan fingerprint density at radius 1 is 1.26 bits per heavy atom. The highest BCUT2D eigenvalue weighted by Crippen LogP contribution is 2.62. The second kappa shape index (κ2) is 9.59. The molecule has 0 amide bonds. The summed E-state index contributed by atoms with van der Waals surface area (Å²) in [5, 5.41) is 5.03. The standard InChI is InChI=1S/C22H32N2O4S.C2H6/c1-22-10-9-18-17-8-6-16(28-2)12-14(17)5-7-19(18)21(22)15(13-20(22)25)4-3-11-24-29(23,26)27;1-2/h6,8,12,15,18-19,21,24H,3-5,7,9-11,13H2,1-2H3,(H2,23,26,27);1-2H3. The van der Waals surface area contributed by atoms with Crippen molar-refractivity contribution in [3.05, 3.63) is 29.3 Å². The molecule has 0 bridgehead atoms. The van der Waals surface area contributed by atoms with Crippen molar-refractivity contribution in [2.45, 2.75) is 71.6 Å². The summed E-state index contributed by atoms with van der Waals surface area (Å²) in [7, 11) is -1.94. The molecule has 0 aliphatic heterocycles. The SMILES string of the molecule is CC.COc1ccc2c(c1)CCC1C2CCC2(C)C(=O)CC(CCCNS(N)(=O)=O)C12. The van der Waals surface area contributed by atoms with Crippen LogP contribution in [0.4, 0.5) is 0 Å². The minimum Gasteiger partial charge on any atom is -0.497 e. The molecule has 7 heteroatoms. The molecule has 0 heterocycles. The number of benzene rings is 1. The first-order valence-corrected chi connectivity index (χ1v) is 13.2. The summed E-state index contributed by atoms with van der Waals surface area (Å²) in [4.78, 5) is 13.0. The van der Waals surface area contributed by atoms with Crippen LogP contribution in [0.1, 0.15) is 76.3 Å². The molecule has 3 aliphatic carbocycles. The zero-order valence-corrected chi connectivity index (χ0v) is 20.1. The number of ketones is 1. The van der Waals surface area contributed by atoms with E-state index in [4.69, 9.17) is 9.88 Å². The van der Waals surface area contributed by atoms with Crippen LogP contribution in [0, 0.1) is 23.2 Å². The Morgan fingerprint density at radius 3 is 2.68 bits per heavy atom. The Labute approximate surface area is 187 Å². The number of ether oxygens (including phenoxy) is 1. The van der Waals surface area contributed by atoms with E-state index in [0.29, 0.717) is 48.8 Å². The highest BCUT2D eigenvalue weighted by Gasteiger charge is 2.58. The lowest BCUT2D eigenvalue weighted by atomic mass is 9.54. The van der Waals surface area contributed by atoms with Crippen molar-refractivity contribution < 1.29 is 17.9 Å². The van der Waals surface area contributed by atoms with E-state index in [9.17, 15) is 13.2 Å². The normalized spacial score (nSPS) is 31.7. The molecule has 0 radical (unpaired) electrons. The van der Waals surface area contributed by atoms with Crippen LogP contribution in [0.5, 0.6) is 5.75 Å². The molecule has 2 saturated carbocycles. The van der Waals surface area contributed by atoms with E-state index in [2.05, 4.69) is 29.8 Å². The molecule has 3 N–H and O–H groups in total. The summed E-state index contributed by atoms with van der Waals surface area (Å²) in [5.41, 5.74) is 2.62. The number of methoxy groups -OCH3 is 1. The van der Waals surface area contributed by atoms with Crippen molar-refractivity contribution in [1.29, 1.82) is 0 Å². The maximum atomic E-state index is 13.0. The Balaban J connectivity index is 0.00000132. The lowest BCUT2D eigenvalue weighted by molar-refractivity contribution is -0.129. The van der Waals surface area contributed by atoms with Gasteiger partial charge in [0.05, 0.1) is 7.11 Å². The smallest absolute Gasteiger partial charge is 0.274 e. The summed E-state index contributed by atoms with van der Waals surface area (Å²) in [6.07, 6.45) is 6.39. The van der Waals surface area contributed by atoms with E-state index in [0.717, 1.165) is 37.9 Å². The van der Waals surface area contributed by atoms with Crippen LogP contribution < -0.4 is 14.6 Å². The highest BCUT2D eigenvalue weighted by molar-refractivity contribution is 7.87. The molecule has 6 nitrogen and oxygen atoms in total. The lowest BCUT2D eigenvalue weighted by Gasteiger charge is -2.50. The van der Waals surface area contributed by atoms with Crippen LogP contribution in [0.25, 0.3) is 0 Å². The maximum Gasteiger partial charge on any atom is 0.274 e. The predicted octanol–water partition coefficient (Wildman–Crippen LogP) is 3.95. The number of hydrogen-bond donors (Lipinski definition) is 2. The van der Waals surface area contributed by atoms with Gasteiger partial charge >= 0.3 is 0 Å². The number of Topliss-reactive ketones (excluding diaryl/α,β-unsaturated/α-hetero) is 1. The Kier molecular flexibility index (Phi) is 7.49. The minimum absolute atomic E-state index is 0.219. The van der Waals surface area contributed by atoms with Gasteiger partial charge in [-0.2, -0.15) is 8.42 Å². The lowest BCUT2D eigenvalue weighted by Crippen LogP contribution is -2.44. The first-order valence-electron chi connectivity index (χ1n) is 11.7. The van der Waals surface area contributed by atoms with Crippen molar-refractivity contribution in [2.24, 2.45) is 28.3 Å². The fraction of sp³-hybridized carbons (Fsp3) is 0.708. The summed E-state index contributed by atoms with van der Waals surface area (Å²) in [6.45, 7) is 6.52. The third-order valence-corrected chi connectivity index (χ3v) is 8.44. The number of rotatable bonds is 6. The van der Waals surface area contributed by atoms with Crippen LogP contribution in [-0.2, 0) is 21.4 Å². The molecule has 3 aliphatic rings. The van der Waals surface area contributed by atoms with Gasteiger partial charge in [0.2, 0.25) is 0 Å². The molecule has 5 unspecified atom stereocenters. The number of hydrogen-bond acceptors (Lipinski definition) is 4. The van der Waals surface area contributed by atoms with Gasteiger partial charge in [-0.15, -0.1) is 0 Å². The van der Waals surface area contributed by atoms with Gasteiger partial charge in [0.25, 0.3) is 10.2 Å². The van der Waals surface area contributed by atoms with Crippen molar-refractivity contribution >= 4 is 16.0 Å². The number of carbonyl (C=O) groups is 1. The van der Waals surface area contributed by atoms with Gasteiger partial charge < -0.3 is 4.74 Å². The van der Waals surface area contributed by atoms with Crippen molar-refractivity contribution in [2.75, 3.05) is 13.7 Å². The van der Waals surface area contributed by atoms with Gasteiger partial charge in [-0.05, 0) is 85.5 Å². The molecule has 1 aromatic rings. The molecule has 31 heavy (non-hydrogen) atoms. The predicted molar refractivity (Wildman–Crippen MR) is 123 cm³/mol. The Morgan fingerprint density at radius 2 is 2.00 bits per heavy atom. The maximum absolute atomic E-state index is 13.0. The fourth-order valence-electron chi connectivity index (χ4n) is 6.59. The third kappa shape index (κ3) is 4.83. The number of nitrogens with one attached hydrogen (secondary N) is 1. The average Bonchev–Trinajstić information content (AvgIpc) is 3.01. The molecular formula is C24H38N2O4S. The van der Waals surface area contributed by atoms with Crippen LogP contribution in [-0.4, -0.2) is 27.9 Å². The summed E-state index contributed by atoms with van der Waals surface area (Å²) in [6, 6.07) is 6.47. The number of nitrogens with two attached hydrogens (primary N) is 1. The second-order valence-electron chi connectivity index (χ2n) is 9.32. The van der Waals surface area contributed by atoms with Gasteiger partial charge in [-0.3, -0.25) is 4.79 Å². The van der Waals surface area contributed by atoms with Crippen LogP contribution in [0.3, 0.4) is 0 Å². The first-order chi connectivity index (χ1) is 14.7. The van der Waals surface area contributed by atoms with Gasteiger partial charge in [0.1, 0.15) is 11.5 Å². The van der Waals surface area contributed by atoms with E-state index >= 15 is 0 Å². The number of carbonyl (C=O) groups excluding carboxylic acids is 1. The topological polar surface area (TPSA) is 98.5 Å². The molecule has 1 aromatic carbocycles. The quantitative estimate of drug-likeness (QED) is 0.641.